The molecule has 3 rings (SSSR count). The Bertz CT molecular complexity index is 1080. The normalized spacial score (nSPS) is 21.9. The maximum Gasteiger partial charge on any atom is 0.243 e. The van der Waals surface area contributed by atoms with E-state index in [4.69, 9.17) is 9.16 Å². The maximum atomic E-state index is 13.6. The van der Waals surface area contributed by atoms with Gasteiger partial charge in [-0.25, -0.2) is 8.42 Å². The zero-order valence-electron chi connectivity index (χ0n) is 22.9. The molecule has 8 heteroatoms. The Labute approximate surface area is 218 Å². The van der Waals surface area contributed by atoms with Crippen molar-refractivity contribution in [2.24, 2.45) is 0 Å². The van der Waals surface area contributed by atoms with E-state index in [1.165, 1.54) is 4.31 Å². The van der Waals surface area contributed by atoms with E-state index in [1.807, 2.05) is 31.2 Å². The number of β-amino-alcohol motifs (C(OH)–C–C–N with tert-alkyl or cyclic N) is 1. The summed E-state index contributed by atoms with van der Waals surface area (Å²) in [5.41, 5.74) is 2.91. The summed E-state index contributed by atoms with van der Waals surface area (Å²) < 4.78 is 41.2. The third kappa shape index (κ3) is 5.58. The van der Waals surface area contributed by atoms with Crippen molar-refractivity contribution in [1.29, 1.82) is 0 Å². The van der Waals surface area contributed by atoms with Crippen molar-refractivity contribution in [3.05, 3.63) is 59.7 Å². The van der Waals surface area contributed by atoms with Crippen LogP contribution >= 0.6 is 0 Å². The summed E-state index contributed by atoms with van der Waals surface area (Å²) in [7, 11) is -4.54. The molecule has 1 fully saturated rings. The molecule has 6 nitrogen and oxygen atoms in total. The summed E-state index contributed by atoms with van der Waals surface area (Å²) in [6.07, 6.45) is -1.38. The van der Waals surface area contributed by atoms with Gasteiger partial charge in [-0.3, -0.25) is 0 Å². The number of sulfonamides is 1. The van der Waals surface area contributed by atoms with E-state index in [1.54, 1.807) is 31.4 Å². The van der Waals surface area contributed by atoms with E-state index in [-0.39, 0.29) is 23.9 Å². The number of ether oxygens (including phenoxy) is 1. The van der Waals surface area contributed by atoms with Gasteiger partial charge >= 0.3 is 0 Å². The quantitative estimate of drug-likeness (QED) is 0.418. The van der Waals surface area contributed by atoms with Gasteiger partial charge in [0.25, 0.3) is 0 Å². The van der Waals surface area contributed by atoms with Crippen LogP contribution in [-0.4, -0.2) is 58.6 Å². The lowest BCUT2D eigenvalue weighted by molar-refractivity contribution is 0.00145. The third-order valence-electron chi connectivity index (χ3n) is 7.81. The van der Waals surface area contributed by atoms with Crippen molar-refractivity contribution in [3.63, 3.8) is 0 Å². The molecule has 1 N–H and O–H groups in total. The van der Waals surface area contributed by atoms with Gasteiger partial charge in [0.05, 0.1) is 24.2 Å². The van der Waals surface area contributed by atoms with Crippen molar-refractivity contribution >= 4 is 18.3 Å². The summed E-state index contributed by atoms with van der Waals surface area (Å²) >= 11 is 0. The first-order valence-electron chi connectivity index (χ1n) is 12.9. The Morgan fingerprint density at radius 1 is 0.889 bits per heavy atom. The fourth-order valence-electron chi connectivity index (χ4n) is 6.06. The van der Waals surface area contributed by atoms with Crippen LogP contribution in [0.5, 0.6) is 5.75 Å². The highest BCUT2D eigenvalue weighted by Gasteiger charge is 2.51. The molecule has 2 aromatic carbocycles. The number of aliphatic hydroxyl groups excluding tert-OH is 1. The fourth-order valence-corrected chi connectivity index (χ4v) is 13.1. The van der Waals surface area contributed by atoms with E-state index in [0.717, 1.165) is 16.9 Å². The van der Waals surface area contributed by atoms with Crippen LogP contribution in [0, 0.1) is 6.92 Å². The molecule has 0 bridgehead atoms. The number of benzene rings is 2. The molecule has 1 heterocycles. The molecule has 1 saturated heterocycles. The lowest BCUT2D eigenvalue weighted by Gasteiger charge is -2.49. The fraction of sp³-hybridized carbons (Fsp3) is 0.571. The van der Waals surface area contributed by atoms with Crippen LogP contribution in [0.15, 0.2) is 53.4 Å². The number of nitrogens with zero attached hydrogens (tertiary/aromatic N) is 1. The highest BCUT2D eigenvalue weighted by Crippen LogP contribution is 2.46. The van der Waals surface area contributed by atoms with Crippen LogP contribution in [0.1, 0.15) is 58.6 Å². The Balaban J connectivity index is 2.07. The van der Waals surface area contributed by atoms with Crippen LogP contribution in [0.25, 0.3) is 0 Å². The molecular formula is C28H43NO5SSi. The van der Waals surface area contributed by atoms with Gasteiger partial charge in [0.2, 0.25) is 18.3 Å². The summed E-state index contributed by atoms with van der Waals surface area (Å²) in [5.74, 6) is 0.392. The van der Waals surface area contributed by atoms with Crippen molar-refractivity contribution in [1.82, 2.24) is 4.31 Å². The van der Waals surface area contributed by atoms with Gasteiger partial charge in [-0.1, -0.05) is 71.4 Å². The van der Waals surface area contributed by atoms with E-state index in [9.17, 15) is 13.5 Å². The second kappa shape index (κ2) is 11.4. The molecule has 36 heavy (non-hydrogen) atoms. The standard InChI is InChI=1S/C28H43NO5SSi/c1-19(2)36(20(3)4,21(5)6)34-27-18-29(35(31,32)25-15-9-22(7)10-16-25)17-26(30)28(27)23-11-13-24(33-8)14-12-23/h9-16,19-21,26-28,30H,17-18H2,1-8H3/t26-,27+,28+/m0/s1. The Kier molecular flexibility index (Phi) is 9.10. The van der Waals surface area contributed by atoms with E-state index >= 15 is 0 Å². The lowest BCUT2D eigenvalue weighted by Crippen LogP contribution is -2.59. The molecular weight excluding hydrogens is 490 g/mol. The average Bonchev–Trinajstić information content (AvgIpc) is 2.82. The third-order valence-corrected chi connectivity index (χ3v) is 15.8. The summed E-state index contributed by atoms with van der Waals surface area (Å²) in [6.45, 7) is 15.5. The van der Waals surface area contributed by atoms with E-state index in [0.29, 0.717) is 16.6 Å². The summed E-state index contributed by atoms with van der Waals surface area (Å²) in [4.78, 5) is 0.238. The van der Waals surface area contributed by atoms with Crippen molar-refractivity contribution in [3.8, 4) is 5.75 Å². The Hall–Kier alpha value is -1.71. The van der Waals surface area contributed by atoms with Crippen molar-refractivity contribution in [2.45, 2.75) is 88.1 Å². The first-order chi connectivity index (χ1) is 16.8. The first-order valence-corrected chi connectivity index (χ1v) is 16.5. The minimum Gasteiger partial charge on any atom is -0.497 e. The number of methoxy groups -OCH3 is 1. The van der Waals surface area contributed by atoms with Crippen LogP contribution in [0.3, 0.4) is 0 Å². The second-order valence-electron chi connectivity index (χ2n) is 11.0. The molecule has 1 aliphatic heterocycles. The van der Waals surface area contributed by atoms with E-state index in [2.05, 4.69) is 41.5 Å². The summed E-state index contributed by atoms with van der Waals surface area (Å²) in [5, 5.41) is 11.5. The molecule has 3 atom stereocenters. The van der Waals surface area contributed by atoms with Crippen LogP contribution < -0.4 is 4.74 Å². The lowest BCUT2D eigenvalue weighted by atomic mass is 9.85. The van der Waals surface area contributed by atoms with Gasteiger partial charge < -0.3 is 14.3 Å². The van der Waals surface area contributed by atoms with Crippen LogP contribution in [0.4, 0.5) is 0 Å². The predicted molar refractivity (Wildman–Crippen MR) is 148 cm³/mol. The molecule has 0 spiro atoms. The van der Waals surface area contributed by atoms with Crippen LogP contribution in [0.2, 0.25) is 16.6 Å². The Morgan fingerprint density at radius 3 is 1.89 bits per heavy atom. The number of aryl methyl sites for hydroxylation is 1. The molecule has 0 amide bonds. The molecule has 1 aliphatic rings. The summed E-state index contributed by atoms with van der Waals surface area (Å²) in [6, 6.07) is 14.5. The largest absolute Gasteiger partial charge is 0.497 e. The highest BCUT2D eigenvalue weighted by atomic mass is 32.2. The highest BCUT2D eigenvalue weighted by molar-refractivity contribution is 7.89. The average molecular weight is 534 g/mol. The van der Waals surface area contributed by atoms with Gasteiger partial charge in [0, 0.05) is 19.0 Å². The van der Waals surface area contributed by atoms with Gasteiger partial charge in [-0.15, -0.1) is 0 Å². The molecule has 0 aliphatic carbocycles. The number of hydrogen-bond donors (Lipinski definition) is 1. The number of piperidine rings is 1. The SMILES string of the molecule is COc1ccc([C@@H]2[C@@H](O)CN(S(=O)(=O)c3ccc(C)cc3)C[C@H]2O[Si](C(C)C)(C(C)C)C(C)C)cc1. The van der Waals surface area contributed by atoms with E-state index < -0.39 is 30.5 Å². The number of rotatable bonds is 9. The minimum absolute atomic E-state index is 0.0202. The van der Waals surface area contributed by atoms with Gasteiger partial charge in [-0.2, -0.15) is 4.31 Å². The van der Waals surface area contributed by atoms with Gasteiger partial charge in [0.15, 0.2) is 0 Å². The topological polar surface area (TPSA) is 76.1 Å². The second-order valence-corrected chi connectivity index (χ2v) is 18.3. The molecule has 0 unspecified atom stereocenters. The van der Waals surface area contributed by atoms with Gasteiger partial charge in [-0.05, 0) is 53.4 Å². The predicted octanol–water partition coefficient (Wildman–Crippen LogP) is 5.71. The molecule has 0 saturated carbocycles. The monoisotopic (exact) mass is 533 g/mol. The maximum absolute atomic E-state index is 13.6. The van der Waals surface area contributed by atoms with Crippen LogP contribution in [-0.2, 0) is 14.4 Å². The number of aliphatic hydroxyl groups is 1. The van der Waals surface area contributed by atoms with Crippen molar-refractivity contribution in [2.75, 3.05) is 20.2 Å². The zero-order chi connectivity index (χ0) is 26.8. The molecule has 0 aromatic heterocycles. The number of hydrogen-bond acceptors (Lipinski definition) is 5. The smallest absolute Gasteiger partial charge is 0.243 e. The van der Waals surface area contributed by atoms with Gasteiger partial charge in [0.1, 0.15) is 5.75 Å². The molecule has 0 radical (unpaired) electrons. The molecule has 2 aromatic rings. The van der Waals surface area contributed by atoms with Crippen molar-refractivity contribution < 1.29 is 22.7 Å². The Morgan fingerprint density at radius 2 is 1.42 bits per heavy atom. The molecule has 200 valence electrons. The zero-order valence-corrected chi connectivity index (χ0v) is 24.7. The first kappa shape index (κ1) is 28.9. The minimum atomic E-state index is -3.79.